The SMILES string of the molecule is C[C@H](NCc1cccc(C#N)c1)c1ccc(-n2ccnc2)cc1. The predicted molar refractivity (Wildman–Crippen MR) is 90.0 cm³/mol. The molecule has 1 N–H and O–H groups in total. The predicted octanol–water partition coefficient (Wildman–Crippen LogP) is 3.59. The number of nitriles is 1. The molecule has 0 saturated heterocycles. The molecule has 0 aliphatic heterocycles. The minimum absolute atomic E-state index is 0.234. The number of nitrogens with one attached hydrogen (secondary N) is 1. The Balaban J connectivity index is 1.64. The molecule has 0 spiro atoms. The van der Waals surface area contributed by atoms with Crippen molar-refractivity contribution >= 4 is 0 Å². The van der Waals surface area contributed by atoms with E-state index in [0.29, 0.717) is 5.56 Å². The van der Waals surface area contributed by atoms with Crippen molar-refractivity contribution in [3.63, 3.8) is 0 Å². The van der Waals surface area contributed by atoms with Gasteiger partial charge in [0.05, 0.1) is 18.0 Å². The molecule has 1 heterocycles. The van der Waals surface area contributed by atoms with E-state index in [9.17, 15) is 0 Å². The molecule has 4 heteroatoms. The molecule has 1 aromatic heterocycles. The fourth-order valence-corrected chi connectivity index (χ4v) is 2.49. The van der Waals surface area contributed by atoms with Crippen LogP contribution in [0.4, 0.5) is 0 Å². The van der Waals surface area contributed by atoms with Gasteiger partial charge in [0, 0.05) is 30.7 Å². The lowest BCUT2D eigenvalue weighted by molar-refractivity contribution is 0.574. The number of hydrogen-bond donors (Lipinski definition) is 1. The molecule has 0 aliphatic rings. The van der Waals surface area contributed by atoms with Crippen molar-refractivity contribution in [2.75, 3.05) is 0 Å². The van der Waals surface area contributed by atoms with E-state index in [1.54, 1.807) is 12.5 Å². The Hall–Kier alpha value is -2.90. The normalized spacial score (nSPS) is 11.8. The highest BCUT2D eigenvalue weighted by molar-refractivity contribution is 5.36. The van der Waals surface area contributed by atoms with Crippen molar-refractivity contribution in [1.29, 1.82) is 5.26 Å². The van der Waals surface area contributed by atoms with Crippen LogP contribution in [-0.4, -0.2) is 9.55 Å². The molecule has 0 aliphatic carbocycles. The Morgan fingerprint density at radius 1 is 1.22 bits per heavy atom. The minimum atomic E-state index is 0.234. The molecule has 0 bridgehead atoms. The van der Waals surface area contributed by atoms with Gasteiger partial charge >= 0.3 is 0 Å². The van der Waals surface area contributed by atoms with E-state index in [-0.39, 0.29) is 6.04 Å². The summed E-state index contributed by atoms with van der Waals surface area (Å²) in [6.07, 6.45) is 5.49. The maximum atomic E-state index is 8.94. The van der Waals surface area contributed by atoms with Crippen LogP contribution in [0, 0.1) is 11.3 Å². The molecular weight excluding hydrogens is 284 g/mol. The van der Waals surface area contributed by atoms with Gasteiger partial charge in [-0.1, -0.05) is 24.3 Å². The summed E-state index contributed by atoms with van der Waals surface area (Å²) in [6.45, 7) is 2.88. The number of rotatable bonds is 5. The first-order valence-electron chi connectivity index (χ1n) is 7.57. The van der Waals surface area contributed by atoms with Crippen molar-refractivity contribution in [3.8, 4) is 11.8 Å². The number of hydrogen-bond acceptors (Lipinski definition) is 3. The van der Waals surface area contributed by atoms with Crippen LogP contribution in [0.2, 0.25) is 0 Å². The van der Waals surface area contributed by atoms with Gasteiger partial charge in [0.2, 0.25) is 0 Å². The zero-order valence-corrected chi connectivity index (χ0v) is 13.0. The van der Waals surface area contributed by atoms with Gasteiger partial charge in [-0.25, -0.2) is 4.98 Å². The minimum Gasteiger partial charge on any atom is -0.306 e. The maximum Gasteiger partial charge on any atom is 0.0991 e. The molecule has 0 amide bonds. The Bertz CT molecular complexity index is 798. The lowest BCUT2D eigenvalue weighted by atomic mass is 10.1. The first-order valence-corrected chi connectivity index (χ1v) is 7.57. The zero-order valence-electron chi connectivity index (χ0n) is 13.0. The molecule has 0 saturated carbocycles. The summed E-state index contributed by atoms with van der Waals surface area (Å²) < 4.78 is 1.98. The number of benzene rings is 2. The van der Waals surface area contributed by atoms with Crippen molar-refractivity contribution in [1.82, 2.24) is 14.9 Å². The third kappa shape index (κ3) is 3.65. The molecule has 3 rings (SSSR count). The summed E-state index contributed by atoms with van der Waals surface area (Å²) in [7, 11) is 0. The van der Waals surface area contributed by atoms with Crippen LogP contribution in [0.1, 0.15) is 29.7 Å². The average Bonchev–Trinajstić information content (AvgIpc) is 3.14. The standard InChI is InChI=1S/C19H18N4/c1-15(22-13-17-4-2-3-16(11-17)12-20)18-5-7-19(8-6-18)23-10-9-21-14-23/h2-11,14-15,22H,13H2,1H3/t15-/m0/s1. The molecular formula is C19H18N4. The lowest BCUT2D eigenvalue weighted by Gasteiger charge is -2.15. The fourth-order valence-electron chi connectivity index (χ4n) is 2.49. The van der Waals surface area contributed by atoms with Gasteiger partial charge in [-0.15, -0.1) is 0 Å². The zero-order chi connectivity index (χ0) is 16.1. The van der Waals surface area contributed by atoms with Crippen LogP contribution in [0.25, 0.3) is 5.69 Å². The highest BCUT2D eigenvalue weighted by Gasteiger charge is 2.06. The smallest absolute Gasteiger partial charge is 0.0991 e. The van der Waals surface area contributed by atoms with E-state index >= 15 is 0 Å². The van der Waals surface area contributed by atoms with E-state index in [1.165, 1.54) is 5.56 Å². The van der Waals surface area contributed by atoms with Crippen LogP contribution in [0.3, 0.4) is 0 Å². The molecule has 3 aromatic rings. The molecule has 0 radical (unpaired) electrons. The van der Waals surface area contributed by atoms with E-state index in [4.69, 9.17) is 5.26 Å². The first kappa shape index (κ1) is 15.0. The molecule has 4 nitrogen and oxygen atoms in total. The molecule has 114 valence electrons. The quantitative estimate of drug-likeness (QED) is 0.783. The first-order chi connectivity index (χ1) is 11.3. The van der Waals surface area contributed by atoms with Crippen LogP contribution >= 0.6 is 0 Å². The van der Waals surface area contributed by atoms with E-state index in [1.807, 2.05) is 35.0 Å². The Labute approximate surface area is 136 Å². The number of imidazole rings is 1. The highest BCUT2D eigenvalue weighted by Crippen LogP contribution is 2.16. The van der Waals surface area contributed by atoms with Gasteiger partial charge in [-0.2, -0.15) is 5.26 Å². The largest absolute Gasteiger partial charge is 0.306 e. The number of nitrogens with zero attached hydrogens (tertiary/aromatic N) is 3. The summed E-state index contributed by atoms with van der Waals surface area (Å²) in [5, 5.41) is 12.4. The molecule has 1 atom stereocenters. The van der Waals surface area contributed by atoms with Crippen molar-refractivity contribution < 1.29 is 0 Å². The second-order valence-corrected chi connectivity index (χ2v) is 5.48. The molecule has 2 aromatic carbocycles. The lowest BCUT2D eigenvalue weighted by Crippen LogP contribution is -2.18. The second-order valence-electron chi connectivity index (χ2n) is 5.48. The van der Waals surface area contributed by atoms with E-state index in [2.05, 4.69) is 47.6 Å². The van der Waals surface area contributed by atoms with Crippen LogP contribution in [0.15, 0.2) is 67.3 Å². The topological polar surface area (TPSA) is 53.6 Å². The molecule has 23 heavy (non-hydrogen) atoms. The Morgan fingerprint density at radius 3 is 2.74 bits per heavy atom. The van der Waals surface area contributed by atoms with Crippen molar-refractivity contribution in [2.24, 2.45) is 0 Å². The Kier molecular flexibility index (Phi) is 4.51. The van der Waals surface area contributed by atoms with Crippen molar-refractivity contribution in [2.45, 2.75) is 19.5 Å². The average molecular weight is 302 g/mol. The van der Waals surface area contributed by atoms with Crippen molar-refractivity contribution in [3.05, 3.63) is 83.9 Å². The van der Waals surface area contributed by atoms with E-state index in [0.717, 1.165) is 17.8 Å². The van der Waals surface area contributed by atoms with Crippen LogP contribution < -0.4 is 5.32 Å². The van der Waals surface area contributed by atoms with Gasteiger partial charge in [0.15, 0.2) is 0 Å². The summed E-state index contributed by atoms with van der Waals surface area (Å²) >= 11 is 0. The summed E-state index contributed by atoms with van der Waals surface area (Å²) in [5.74, 6) is 0. The summed E-state index contributed by atoms with van der Waals surface area (Å²) in [4.78, 5) is 4.06. The molecule has 0 fully saturated rings. The highest BCUT2D eigenvalue weighted by atomic mass is 15.0. The summed E-state index contributed by atoms with van der Waals surface area (Å²) in [5.41, 5.74) is 4.14. The third-order valence-electron chi connectivity index (χ3n) is 3.86. The van der Waals surface area contributed by atoms with Crippen LogP contribution in [-0.2, 0) is 6.54 Å². The van der Waals surface area contributed by atoms with E-state index < -0.39 is 0 Å². The third-order valence-corrected chi connectivity index (χ3v) is 3.86. The second kappa shape index (κ2) is 6.91. The van der Waals surface area contributed by atoms with Gasteiger partial charge in [0.1, 0.15) is 0 Å². The van der Waals surface area contributed by atoms with Gasteiger partial charge in [-0.3, -0.25) is 0 Å². The van der Waals surface area contributed by atoms with Gasteiger partial charge in [-0.05, 0) is 42.3 Å². The van der Waals surface area contributed by atoms with Crippen LogP contribution in [0.5, 0.6) is 0 Å². The molecule has 0 unspecified atom stereocenters. The monoisotopic (exact) mass is 302 g/mol. The van der Waals surface area contributed by atoms with Gasteiger partial charge < -0.3 is 9.88 Å². The fraction of sp³-hybridized carbons (Fsp3) is 0.158. The Morgan fingerprint density at radius 2 is 2.04 bits per heavy atom. The van der Waals surface area contributed by atoms with Gasteiger partial charge in [0.25, 0.3) is 0 Å². The number of aromatic nitrogens is 2. The maximum absolute atomic E-state index is 8.94. The summed E-state index contributed by atoms with van der Waals surface area (Å²) in [6, 6.07) is 18.5.